The van der Waals surface area contributed by atoms with Crippen LogP contribution in [0.1, 0.15) is 37.4 Å². The van der Waals surface area contributed by atoms with Crippen molar-refractivity contribution in [1.29, 1.82) is 0 Å². The van der Waals surface area contributed by atoms with Crippen LogP contribution >= 0.6 is 15.9 Å². The smallest absolute Gasteiger partial charge is 0.335 e. The molecule has 0 saturated heterocycles. The molecular weight excluding hydrogens is 592 g/mol. The zero-order valence-corrected chi connectivity index (χ0v) is 23.9. The lowest BCUT2D eigenvalue weighted by molar-refractivity contribution is 0.0696. The van der Waals surface area contributed by atoms with Crippen LogP contribution in [-0.4, -0.2) is 37.4 Å². The number of aromatic carboxylic acids is 1. The van der Waals surface area contributed by atoms with Gasteiger partial charge in [-0.25, -0.2) is 10.2 Å². The topological polar surface area (TPSA) is 116 Å². The number of nitrogens with zero attached hydrogens (tertiary/aromatic N) is 1. The van der Waals surface area contributed by atoms with E-state index in [2.05, 4.69) is 26.5 Å². The Morgan fingerprint density at radius 1 is 0.805 bits per heavy atom. The van der Waals surface area contributed by atoms with E-state index in [4.69, 9.17) is 24.1 Å². The minimum absolute atomic E-state index is 0.201. The molecule has 210 valence electrons. The first-order chi connectivity index (χ1) is 19.9. The average Bonchev–Trinajstić information content (AvgIpc) is 2.99. The van der Waals surface area contributed by atoms with Crippen molar-refractivity contribution in [3.8, 4) is 23.0 Å². The number of carbonyl (C=O) groups excluding carboxylic acids is 1. The number of benzene rings is 4. The quantitative estimate of drug-likeness (QED) is 0.146. The van der Waals surface area contributed by atoms with E-state index in [9.17, 15) is 9.59 Å². The molecule has 0 aliphatic carbocycles. The Hall–Kier alpha value is -4.83. The summed E-state index contributed by atoms with van der Waals surface area (Å²) in [6.07, 6.45) is 1.48. The molecule has 0 unspecified atom stereocenters. The zero-order chi connectivity index (χ0) is 29.2. The molecule has 9 nitrogen and oxygen atoms in total. The molecule has 2 N–H and O–H groups in total. The lowest BCUT2D eigenvalue weighted by Gasteiger charge is -2.14. The number of hydrogen-bond donors (Lipinski definition) is 2. The van der Waals surface area contributed by atoms with E-state index in [1.807, 2.05) is 30.3 Å². The molecule has 4 aromatic carbocycles. The first-order valence-corrected chi connectivity index (χ1v) is 13.2. The molecule has 0 bridgehead atoms. The largest absolute Gasteiger partial charge is 0.493 e. The van der Waals surface area contributed by atoms with E-state index in [-0.39, 0.29) is 12.2 Å². The predicted molar refractivity (Wildman–Crippen MR) is 157 cm³/mol. The third-order valence-electron chi connectivity index (χ3n) is 5.88. The first-order valence-electron chi connectivity index (χ1n) is 12.4. The van der Waals surface area contributed by atoms with Crippen LogP contribution < -0.4 is 24.4 Å². The van der Waals surface area contributed by atoms with Gasteiger partial charge in [0.25, 0.3) is 5.91 Å². The molecule has 4 rings (SSSR count). The summed E-state index contributed by atoms with van der Waals surface area (Å²) < 4.78 is 23.3. The summed E-state index contributed by atoms with van der Waals surface area (Å²) in [5.41, 5.74) is 5.52. The van der Waals surface area contributed by atoms with E-state index in [1.54, 1.807) is 42.5 Å². The summed E-state index contributed by atoms with van der Waals surface area (Å²) in [4.78, 5) is 23.7. The number of carboxylic acid groups (broad SMARTS) is 1. The summed E-state index contributed by atoms with van der Waals surface area (Å²) in [5.74, 6) is 0.460. The Morgan fingerprint density at radius 2 is 1.46 bits per heavy atom. The van der Waals surface area contributed by atoms with Gasteiger partial charge in [0.1, 0.15) is 13.2 Å². The number of carboxylic acids is 1. The van der Waals surface area contributed by atoms with E-state index in [0.717, 1.165) is 11.1 Å². The maximum absolute atomic E-state index is 12.7. The number of carbonyl (C=O) groups is 2. The standard InChI is InChI=1S/C31H27BrN2O7/c1-38-27-16-24(12-13-26(27)40-18-20-6-4-3-5-7-20)30(35)34-33-17-22-14-25(32)29(28(15-22)39-2)41-19-21-8-10-23(11-9-21)31(36)37/h3-17H,18-19H2,1-2H3,(H,34,35)(H,36,37)/b33-17+. The molecule has 0 aromatic heterocycles. The highest BCUT2D eigenvalue weighted by Gasteiger charge is 2.13. The summed E-state index contributed by atoms with van der Waals surface area (Å²) in [7, 11) is 3.03. The molecule has 4 aromatic rings. The van der Waals surface area contributed by atoms with Crippen LogP contribution in [0.25, 0.3) is 0 Å². The van der Waals surface area contributed by atoms with E-state index >= 15 is 0 Å². The third-order valence-corrected chi connectivity index (χ3v) is 6.47. The molecule has 1 amide bonds. The minimum Gasteiger partial charge on any atom is -0.493 e. The summed E-state index contributed by atoms with van der Waals surface area (Å²) in [6.45, 7) is 0.577. The van der Waals surface area contributed by atoms with Crippen LogP contribution in [0, 0.1) is 0 Å². The normalized spacial score (nSPS) is 10.7. The van der Waals surface area contributed by atoms with Crippen molar-refractivity contribution in [3.05, 3.63) is 117 Å². The van der Waals surface area contributed by atoms with Crippen molar-refractivity contribution in [1.82, 2.24) is 5.43 Å². The molecule has 10 heteroatoms. The Balaban J connectivity index is 1.38. The van der Waals surface area contributed by atoms with E-state index in [0.29, 0.717) is 45.2 Å². The Kier molecular flexibility index (Phi) is 9.95. The number of methoxy groups -OCH3 is 2. The van der Waals surface area contributed by atoms with Crippen LogP contribution in [0.15, 0.2) is 94.5 Å². The van der Waals surface area contributed by atoms with Crippen molar-refractivity contribution in [3.63, 3.8) is 0 Å². The molecule has 0 saturated carbocycles. The Morgan fingerprint density at radius 3 is 2.15 bits per heavy atom. The number of amides is 1. The second kappa shape index (κ2) is 14.0. The number of rotatable bonds is 12. The van der Waals surface area contributed by atoms with Gasteiger partial charge < -0.3 is 24.1 Å². The van der Waals surface area contributed by atoms with Gasteiger partial charge in [0, 0.05) is 5.56 Å². The molecule has 0 aliphatic heterocycles. The second-order valence-electron chi connectivity index (χ2n) is 8.66. The van der Waals surface area contributed by atoms with Crippen LogP contribution in [0.3, 0.4) is 0 Å². The van der Waals surface area contributed by atoms with Crippen LogP contribution in [0.5, 0.6) is 23.0 Å². The fourth-order valence-electron chi connectivity index (χ4n) is 3.75. The van der Waals surface area contributed by atoms with Crippen molar-refractivity contribution in [2.75, 3.05) is 14.2 Å². The van der Waals surface area contributed by atoms with Crippen molar-refractivity contribution >= 4 is 34.0 Å². The van der Waals surface area contributed by atoms with Crippen molar-refractivity contribution < 1.29 is 33.6 Å². The zero-order valence-electron chi connectivity index (χ0n) is 22.3. The monoisotopic (exact) mass is 618 g/mol. The lowest BCUT2D eigenvalue weighted by Crippen LogP contribution is -2.17. The van der Waals surface area contributed by atoms with Gasteiger partial charge >= 0.3 is 5.97 Å². The van der Waals surface area contributed by atoms with Gasteiger partial charge in [0.2, 0.25) is 0 Å². The molecule has 0 radical (unpaired) electrons. The maximum atomic E-state index is 12.7. The minimum atomic E-state index is -0.989. The van der Waals surface area contributed by atoms with Crippen molar-refractivity contribution in [2.45, 2.75) is 13.2 Å². The average molecular weight is 619 g/mol. The molecular formula is C31H27BrN2O7. The van der Waals surface area contributed by atoms with Gasteiger partial charge in [-0.1, -0.05) is 42.5 Å². The van der Waals surface area contributed by atoms with E-state index < -0.39 is 11.9 Å². The summed E-state index contributed by atoms with van der Waals surface area (Å²) >= 11 is 3.49. The second-order valence-corrected chi connectivity index (χ2v) is 9.52. The van der Waals surface area contributed by atoms with Crippen molar-refractivity contribution in [2.24, 2.45) is 5.10 Å². The third kappa shape index (κ3) is 7.86. The summed E-state index contributed by atoms with van der Waals surface area (Å²) in [6, 6.07) is 24.5. The highest BCUT2D eigenvalue weighted by Crippen LogP contribution is 2.37. The number of ether oxygens (including phenoxy) is 4. The van der Waals surface area contributed by atoms with Crippen LogP contribution in [0.4, 0.5) is 0 Å². The van der Waals surface area contributed by atoms with Gasteiger partial charge in [-0.2, -0.15) is 5.10 Å². The van der Waals surface area contributed by atoms with Gasteiger partial charge in [0.15, 0.2) is 23.0 Å². The van der Waals surface area contributed by atoms with Gasteiger partial charge in [-0.05, 0) is 75.1 Å². The molecule has 0 heterocycles. The first kappa shape index (κ1) is 29.2. The Labute approximate surface area is 245 Å². The molecule has 0 fully saturated rings. The fourth-order valence-corrected chi connectivity index (χ4v) is 4.32. The highest BCUT2D eigenvalue weighted by atomic mass is 79.9. The number of hydrogen-bond acceptors (Lipinski definition) is 7. The molecule has 0 atom stereocenters. The van der Waals surface area contributed by atoms with Crippen LogP contribution in [-0.2, 0) is 13.2 Å². The molecule has 0 spiro atoms. The molecule has 0 aliphatic rings. The van der Waals surface area contributed by atoms with Gasteiger partial charge in [0.05, 0.1) is 30.5 Å². The van der Waals surface area contributed by atoms with E-state index in [1.165, 1.54) is 32.6 Å². The number of halogens is 1. The molecule has 41 heavy (non-hydrogen) atoms. The van der Waals surface area contributed by atoms with Gasteiger partial charge in [-0.15, -0.1) is 0 Å². The summed E-state index contributed by atoms with van der Waals surface area (Å²) in [5, 5.41) is 13.1. The number of nitrogens with one attached hydrogen (secondary N) is 1. The fraction of sp³-hybridized carbons (Fsp3) is 0.129. The van der Waals surface area contributed by atoms with Gasteiger partial charge in [-0.3, -0.25) is 4.79 Å². The predicted octanol–water partition coefficient (Wildman–Crippen LogP) is 6.09. The lowest BCUT2D eigenvalue weighted by atomic mass is 10.1. The SMILES string of the molecule is COc1cc(C(=O)N/N=C/c2cc(Br)c(OCc3ccc(C(=O)O)cc3)c(OC)c2)ccc1OCc1ccccc1. The maximum Gasteiger partial charge on any atom is 0.335 e. The number of hydrazone groups is 1. The van der Waals surface area contributed by atoms with Crippen LogP contribution in [0.2, 0.25) is 0 Å². The highest BCUT2D eigenvalue weighted by molar-refractivity contribution is 9.10. The Bertz CT molecular complexity index is 1540.